The van der Waals surface area contributed by atoms with Crippen LogP contribution in [0.25, 0.3) is 0 Å². The fraction of sp³-hybridized carbons (Fsp3) is 0.406. The second kappa shape index (κ2) is 18.5. The molecule has 0 aliphatic rings. The number of ether oxygens (including phenoxy) is 2. The van der Waals surface area contributed by atoms with Crippen molar-refractivity contribution in [3.8, 4) is 0 Å². The van der Waals surface area contributed by atoms with Gasteiger partial charge in [0, 0.05) is 20.0 Å². The van der Waals surface area contributed by atoms with Gasteiger partial charge in [0.1, 0.15) is 6.10 Å². The number of esters is 1. The van der Waals surface area contributed by atoms with Crippen molar-refractivity contribution in [1.82, 2.24) is 10.6 Å². The van der Waals surface area contributed by atoms with Crippen LogP contribution in [0.5, 0.6) is 0 Å². The zero-order chi connectivity index (χ0) is 29.2. The van der Waals surface area contributed by atoms with Crippen molar-refractivity contribution in [3.05, 3.63) is 97.1 Å². The normalized spacial score (nSPS) is 13.8. The molecule has 0 aliphatic carbocycles. The van der Waals surface area contributed by atoms with Gasteiger partial charge in [-0.1, -0.05) is 72.8 Å². The predicted molar refractivity (Wildman–Crippen MR) is 155 cm³/mol. The van der Waals surface area contributed by atoms with E-state index in [0.717, 1.165) is 5.56 Å². The number of hydrogen-bond donors (Lipinski definition) is 3. The average molecular weight is 551 g/mol. The summed E-state index contributed by atoms with van der Waals surface area (Å²) in [6.07, 6.45) is 4.70. The van der Waals surface area contributed by atoms with Crippen LogP contribution in [0, 0.1) is 5.92 Å². The number of aliphatic hydroxyl groups is 1. The van der Waals surface area contributed by atoms with E-state index in [1.54, 1.807) is 12.2 Å². The minimum Gasteiger partial charge on any atom is -0.455 e. The SMILES string of the molecule is C=CCCCC(=O)O[C@@H](c1ccccc1)[C@H](COC)NC(=O)[C@H](CC=C)CC(=O)N[C@H](CO)Cc1ccccc1. The predicted octanol–water partition coefficient (Wildman–Crippen LogP) is 4.06. The Kier molecular flexibility index (Phi) is 15.0. The molecule has 0 spiro atoms. The zero-order valence-corrected chi connectivity index (χ0v) is 23.3. The van der Waals surface area contributed by atoms with Crippen LogP contribution in [0.15, 0.2) is 86.0 Å². The van der Waals surface area contributed by atoms with Crippen molar-refractivity contribution in [1.29, 1.82) is 0 Å². The lowest BCUT2D eigenvalue weighted by Gasteiger charge is -2.29. The minimum absolute atomic E-state index is 0.0852. The number of hydrogen-bond acceptors (Lipinski definition) is 6. The van der Waals surface area contributed by atoms with Gasteiger partial charge in [0.25, 0.3) is 0 Å². The first kappa shape index (κ1) is 32.5. The van der Waals surface area contributed by atoms with Gasteiger partial charge in [-0.15, -0.1) is 13.2 Å². The molecule has 0 saturated carbocycles. The first-order valence-electron chi connectivity index (χ1n) is 13.6. The van der Waals surface area contributed by atoms with Crippen LogP contribution >= 0.6 is 0 Å². The number of carbonyl (C=O) groups excluding carboxylic acids is 3. The maximum absolute atomic E-state index is 13.4. The molecule has 0 heterocycles. The molecule has 2 rings (SSSR count). The Morgan fingerprint density at radius 1 is 0.975 bits per heavy atom. The highest BCUT2D eigenvalue weighted by Gasteiger charge is 2.31. The molecule has 2 aromatic carbocycles. The summed E-state index contributed by atoms with van der Waals surface area (Å²) in [4.78, 5) is 39.0. The van der Waals surface area contributed by atoms with Gasteiger partial charge in [0.15, 0.2) is 0 Å². The molecule has 40 heavy (non-hydrogen) atoms. The number of unbranched alkanes of at least 4 members (excludes halogenated alkanes) is 1. The summed E-state index contributed by atoms with van der Waals surface area (Å²) in [6.45, 7) is 7.28. The second-order valence-electron chi connectivity index (χ2n) is 9.63. The number of methoxy groups -OCH3 is 1. The number of nitrogens with one attached hydrogen (secondary N) is 2. The van der Waals surface area contributed by atoms with Crippen molar-refractivity contribution in [2.75, 3.05) is 20.3 Å². The third kappa shape index (κ3) is 11.6. The molecule has 216 valence electrons. The van der Waals surface area contributed by atoms with Crippen molar-refractivity contribution >= 4 is 17.8 Å². The maximum Gasteiger partial charge on any atom is 0.306 e. The Hall–Kier alpha value is -3.75. The van der Waals surface area contributed by atoms with Gasteiger partial charge in [-0.2, -0.15) is 0 Å². The molecule has 0 unspecified atom stereocenters. The second-order valence-corrected chi connectivity index (χ2v) is 9.63. The van der Waals surface area contributed by atoms with Crippen molar-refractivity contribution in [2.24, 2.45) is 5.92 Å². The van der Waals surface area contributed by atoms with E-state index in [0.29, 0.717) is 24.8 Å². The molecular formula is C32H42N2O6. The molecule has 0 radical (unpaired) electrons. The lowest BCUT2D eigenvalue weighted by molar-refractivity contribution is -0.153. The number of rotatable bonds is 19. The third-order valence-corrected chi connectivity index (χ3v) is 6.38. The van der Waals surface area contributed by atoms with Crippen LogP contribution in [0.3, 0.4) is 0 Å². The van der Waals surface area contributed by atoms with E-state index in [4.69, 9.17) is 9.47 Å². The van der Waals surface area contributed by atoms with E-state index in [9.17, 15) is 19.5 Å². The van der Waals surface area contributed by atoms with Crippen molar-refractivity contribution in [2.45, 2.75) is 56.7 Å². The number of benzene rings is 2. The first-order valence-corrected chi connectivity index (χ1v) is 13.6. The van der Waals surface area contributed by atoms with Gasteiger partial charge in [0.05, 0.1) is 31.2 Å². The molecule has 4 atom stereocenters. The Morgan fingerprint density at radius 2 is 1.65 bits per heavy atom. The van der Waals surface area contributed by atoms with Crippen LogP contribution in [-0.2, 0) is 30.3 Å². The smallest absolute Gasteiger partial charge is 0.306 e. The Bertz CT molecular complexity index is 1060. The lowest BCUT2D eigenvalue weighted by Crippen LogP contribution is -2.47. The minimum atomic E-state index is -0.788. The highest BCUT2D eigenvalue weighted by molar-refractivity contribution is 5.86. The molecule has 2 aromatic rings. The summed E-state index contributed by atoms with van der Waals surface area (Å²) >= 11 is 0. The monoisotopic (exact) mass is 550 g/mol. The standard InChI is InChI=1S/C32H42N2O6/c1-4-6-9-19-30(37)40-31(25-17-12-8-13-18-25)28(23-39-3)34-32(38)26(14-5-2)21-29(36)33-27(22-35)20-24-15-10-7-11-16-24/h4-5,7-8,10-13,15-18,26-28,31,35H,1-2,6,9,14,19-23H2,3H3,(H,33,36)(H,34,38)/t26-,27+,28+,31+/m1/s1. The molecule has 0 aromatic heterocycles. The Morgan fingerprint density at radius 3 is 2.25 bits per heavy atom. The number of allylic oxidation sites excluding steroid dienone is 2. The summed E-state index contributed by atoms with van der Waals surface area (Å²) in [5, 5.41) is 15.6. The van der Waals surface area contributed by atoms with Crippen LogP contribution < -0.4 is 10.6 Å². The molecule has 8 nitrogen and oxygen atoms in total. The average Bonchev–Trinajstić information content (AvgIpc) is 2.96. The van der Waals surface area contributed by atoms with Crippen LogP contribution in [0.2, 0.25) is 0 Å². The van der Waals surface area contributed by atoms with E-state index in [-0.39, 0.29) is 50.3 Å². The molecule has 0 fully saturated rings. The number of amides is 2. The molecule has 3 N–H and O–H groups in total. The van der Waals surface area contributed by atoms with Crippen LogP contribution in [0.4, 0.5) is 0 Å². The molecule has 8 heteroatoms. The summed E-state index contributed by atoms with van der Waals surface area (Å²) in [7, 11) is 1.50. The van der Waals surface area contributed by atoms with Crippen molar-refractivity contribution in [3.63, 3.8) is 0 Å². The summed E-state index contributed by atoms with van der Waals surface area (Å²) in [5.41, 5.74) is 1.70. The largest absolute Gasteiger partial charge is 0.455 e. The lowest BCUT2D eigenvalue weighted by atomic mass is 9.97. The fourth-order valence-corrected chi connectivity index (χ4v) is 4.36. The van der Waals surface area contributed by atoms with E-state index >= 15 is 0 Å². The van der Waals surface area contributed by atoms with Crippen LogP contribution in [-0.4, -0.2) is 55.3 Å². The highest BCUT2D eigenvalue weighted by Crippen LogP contribution is 2.24. The van der Waals surface area contributed by atoms with E-state index in [2.05, 4.69) is 23.8 Å². The maximum atomic E-state index is 13.4. The molecule has 0 aliphatic heterocycles. The van der Waals surface area contributed by atoms with Gasteiger partial charge in [0.2, 0.25) is 11.8 Å². The van der Waals surface area contributed by atoms with Gasteiger partial charge < -0.3 is 25.2 Å². The first-order chi connectivity index (χ1) is 19.4. The van der Waals surface area contributed by atoms with Gasteiger partial charge in [-0.25, -0.2) is 0 Å². The van der Waals surface area contributed by atoms with Gasteiger partial charge in [-0.05, 0) is 36.8 Å². The number of carbonyl (C=O) groups is 3. The molecule has 0 saturated heterocycles. The highest BCUT2D eigenvalue weighted by atomic mass is 16.5. The summed E-state index contributed by atoms with van der Waals surface area (Å²) in [5.74, 6) is -1.84. The topological polar surface area (TPSA) is 114 Å². The molecule has 2 amide bonds. The molecule has 0 bridgehead atoms. The third-order valence-electron chi connectivity index (χ3n) is 6.38. The Labute approximate surface area is 237 Å². The Balaban J connectivity index is 2.13. The fourth-order valence-electron chi connectivity index (χ4n) is 4.36. The van der Waals surface area contributed by atoms with E-state index in [1.165, 1.54) is 7.11 Å². The van der Waals surface area contributed by atoms with Crippen molar-refractivity contribution < 1.29 is 29.0 Å². The number of aliphatic hydroxyl groups excluding tert-OH is 1. The van der Waals surface area contributed by atoms with Crippen LogP contribution in [0.1, 0.15) is 49.3 Å². The van der Waals surface area contributed by atoms with E-state index in [1.807, 2.05) is 60.7 Å². The summed E-state index contributed by atoms with van der Waals surface area (Å²) in [6, 6.07) is 17.5. The van der Waals surface area contributed by atoms with Gasteiger partial charge in [-0.3, -0.25) is 14.4 Å². The van der Waals surface area contributed by atoms with Gasteiger partial charge >= 0.3 is 5.97 Å². The molecular weight excluding hydrogens is 508 g/mol. The quantitative estimate of drug-likeness (QED) is 0.138. The van der Waals surface area contributed by atoms with E-state index < -0.39 is 24.1 Å². The summed E-state index contributed by atoms with van der Waals surface area (Å²) < 4.78 is 11.2. The zero-order valence-electron chi connectivity index (χ0n) is 23.3.